The van der Waals surface area contributed by atoms with Crippen molar-refractivity contribution in [3.8, 4) is 0 Å². The first-order chi connectivity index (χ1) is 6.74. The van der Waals surface area contributed by atoms with E-state index in [0.717, 1.165) is 5.56 Å². The average molecular weight is 230 g/mol. The second-order valence-corrected chi connectivity index (χ2v) is 3.12. The molecule has 0 aliphatic heterocycles. The SMILES string of the molecule is CCOC(=O)CC([NH3+])c1ccccc1.[Cl-]. The number of halogens is 1. The Bertz CT molecular complexity index is 290. The fourth-order valence-corrected chi connectivity index (χ4v) is 1.26. The Morgan fingerprint density at radius 2 is 2.00 bits per heavy atom. The molecule has 0 fully saturated rings. The summed E-state index contributed by atoms with van der Waals surface area (Å²) in [7, 11) is 0. The number of ether oxygens (including phenoxy) is 1. The number of hydrogen-bond acceptors (Lipinski definition) is 2. The maximum absolute atomic E-state index is 11.2. The maximum Gasteiger partial charge on any atom is 0.312 e. The van der Waals surface area contributed by atoms with E-state index in [1.54, 1.807) is 6.92 Å². The van der Waals surface area contributed by atoms with Crippen molar-refractivity contribution in [1.82, 2.24) is 0 Å². The molecule has 0 heterocycles. The summed E-state index contributed by atoms with van der Waals surface area (Å²) in [5.41, 5.74) is 5.00. The van der Waals surface area contributed by atoms with Crippen molar-refractivity contribution in [2.45, 2.75) is 19.4 Å². The summed E-state index contributed by atoms with van der Waals surface area (Å²) in [4.78, 5) is 11.2. The lowest BCUT2D eigenvalue weighted by molar-refractivity contribution is -0.425. The third kappa shape index (κ3) is 4.81. The van der Waals surface area contributed by atoms with E-state index in [2.05, 4.69) is 5.73 Å². The molecule has 1 atom stereocenters. The van der Waals surface area contributed by atoms with Gasteiger partial charge in [0.05, 0.1) is 6.61 Å². The van der Waals surface area contributed by atoms with Crippen LogP contribution in [0, 0.1) is 0 Å². The minimum Gasteiger partial charge on any atom is -1.00 e. The Kier molecular flexibility index (Phi) is 6.75. The van der Waals surface area contributed by atoms with E-state index in [4.69, 9.17) is 4.74 Å². The molecule has 0 amide bonds. The fraction of sp³-hybridized carbons (Fsp3) is 0.364. The third-order valence-corrected chi connectivity index (χ3v) is 1.99. The van der Waals surface area contributed by atoms with Crippen LogP contribution in [0.15, 0.2) is 30.3 Å². The zero-order valence-corrected chi connectivity index (χ0v) is 9.54. The van der Waals surface area contributed by atoms with Crippen molar-refractivity contribution in [2.75, 3.05) is 6.61 Å². The van der Waals surface area contributed by atoms with Crippen LogP contribution in [0.5, 0.6) is 0 Å². The molecular weight excluding hydrogens is 214 g/mol. The summed E-state index contributed by atoms with van der Waals surface area (Å²) in [6.07, 6.45) is 0.345. The largest absolute Gasteiger partial charge is 1.00 e. The van der Waals surface area contributed by atoms with Crippen molar-refractivity contribution < 1.29 is 27.7 Å². The van der Waals surface area contributed by atoms with Crippen molar-refractivity contribution in [2.24, 2.45) is 0 Å². The van der Waals surface area contributed by atoms with Gasteiger partial charge in [0.25, 0.3) is 0 Å². The molecule has 0 saturated carbocycles. The van der Waals surface area contributed by atoms with E-state index in [1.165, 1.54) is 0 Å². The molecule has 15 heavy (non-hydrogen) atoms. The predicted octanol–water partition coefficient (Wildman–Crippen LogP) is -2.07. The first-order valence-electron chi connectivity index (χ1n) is 4.77. The summed E-state index contributed by atoms with van der Waals surface area (Å²) in [5, 5.41) is 0. The van der Waals surface area contributed by atoms with Crippen LogP contribution in [0.1, 0.15) is 24.9 Å². The molecule has 0 bridgehead atoms. The van der Waals surface area contributed by atoms with Gasteiger partial charge in [-0.25, -0.2) is 0 Å². The highest BCUT2D eigenvalue weighted by atomic mass is 35.5. The predicted molar refractivity (Wildman–Crippen MR) is 53.3 cm³/mol. The summed E-state index contributed by atoms with van der Waals surface area (Å²) in [6, 6.07) is 9.75. The van der Waals surface area contributed by atoms with Crippen LogP contribution in [0.4, 0.5) is 0 Å². The standard InChI is InChI=1S/C11H15NO2.ClH/c1-2-14-11(13)8-10(12)9-6-4-3-5-7-9;/h3-7,10H,2,8,12H2,1H3;1H. The van der Waals surface area contributed by atoms with Gasteiger partial charge in [0.15, 0.2) is 0 Å². The molecule has 0 aromatic heterocycles. The maximum atomic E-state index is 11.2. The topological polar surface area (TPSA) is 53.9 Å². The number of esters is 1. The molecule has 0 radical (unpaired) electrons. The van der Waals surface area contributed by atoms with E-state index in [1.807, 2.05) is 30.3 Å². The summed E-state index contributed by atoms with van der Waals surface area (Å²) < 4.78 is 4.86. The van der Waals surface area contributed by atoms with Gasteiger partial charge in [-0.05, 0) is 6.92 Å². The van der Waals surface area contributed by atoms with Gasteiger partial charge in [0.2, 0.25) is 0 Å². The summed E-state index contributed by atoms with van der Waals surface area (Å²) in [5.74, 6) is -0.184. The van der Waals surface area contributed by atoms with Crippen LogP contribution >= 0.6 is 0 Å². The van der Waals surface area contributed by atoms with E-state index in [0.29, 0.717) is 13.0 Å². The lowest BCUT2D eigenvalue weighted by Gasteiger charge is -2.07. The van der Waals surface area contributed by atoms with Gasteiger partial charge < -0.3 is 22.9 Å². The van der Waals surface area contributed by atoms with Crippen LogP contribution in [0.2, 0.25) is 0 Å². The number of rotatable bonds is 4. The first-order valence-corrected chi connectivity index (χ1v) is 4.77. The number of hydrogen-bond donors (Lipinski definition) is 1. The van der Waals surface area contributed by atoms with Crippen LogP contribution in [-0.2, 0) is 9.53 Å². The summed E-state index contributed by atoms with van der Waals surface area (Å²) in [6.45, 7) is 2.23. The molecule has 3 N–H and O–H groups in total. The monoisotopic (exact) mass is 229 g/mol. The van der Waals surface area contributed by atoms with Crippen LogP contribution < -0.4 is 18.1 Å². The molecule has 0 saturated heterocycles. The molecular formula is C11H16ClNO2. The molecule has 1 rings (SSSR count). The van der Waals surface area contributed by atoms with Gasteiger partial charge in [-0.2, -0.15) is 0 Å². The van der Waals surface area contributed by atoms with Crippen molar-refractivity contribution in [1.29, 1.82) is 0 Å². The van der Waals surface area contributed by atoms with Gasteiger partial charge in [0.1, 0.15) is 12.5 Å². The molecule has 0 spiro atoms. The minimum absolute atomic E-state index is 0. The zero-order valence-electron chi connectivity index (χ0n) is 8.78. The van der Waals surface area contributed by atoms with E-state index >= 15 is 0 Å². The summed E-state index contributed by atoms with van der Waals surface area (Å²) >= 11 is 0. The zero-order chi connectivity index (χ0) is 10.4. The molecule has 3 nitrogen and oxygen atoms in total. The van der Waals surface area contributed by atoms with E-state index < -0.39 is 0 Å². The van der Waals surface area contributed by atoms with Crippen LogP contribution in [0.3, 0.4) is 0 Å². The molecule has 1 aromatic rings. The molecule has 1 aromatic carbocycles. The Morgan fingerprint density at radius 1 is 1.40 bits per heavy atom. The van der Waals surface area contributed by atoms with E-state index in [9.17, 15) is 4.79 Å². The first kappa shape index (κ1) is 13.9. The lowest BCUT2D eigenvalue weighted by Crippen LogP contribution is -3.00. The Balaban J connectivity index is 0.00000196. The molecule has 0 aliphatic rings. The second-order valence-electron chi connectivity index (χ2n) is 3.12. The quantitative estimate of drug-likeness (QED) is 0.603. The van der Waals surface area contributed by atoms with E-state index in [-0.39, 0.29) is 24.4 Å². The average Bonchev–Trinajstić information content (AvgIpc) is 2.19. The number of carbonyl (C=O) groups is 1. The van der Waals surface area contributed by atoms with Gasteiger partial charge in [-0.3, -0.25) is 4.79 Å². The van der Waals surface area contributed by atoms with Crippen LogP contribution in [-0.4, -0.2) is 12.6 Å². The Hall–Kier alpha value is -1.06. The van der Waals surface area contributed by atoms with Gasteiger partial charge in [0, 0.05) is 5.56 Å². The van der Waals surface area contributed by atoms with Gasteiger partial charge in [-0.15, -0.1) is 0 Å². The third-order valence-electron chi connectivity index (χ3n) is 1.99. The van der Waals surface area contributed by atoms with Crippen molar-refractivity contribution >= 4 is 5.97 Å². The Morgan fingerprint density at radius 3 is 2.53 bits per heavy atom. The minimum atomic E-state index is -0.184. The molecule has 1 unspecified atom stereocenters. The normalized spacial score (nSPS) is 11.3. The Labute approximate surface area is 96.0 Å². The fourth-order valence-electron chi connectivity index (χ4n) is 1.26. The highest BCUT2D eigenvalue weighted by Gasteiger charge is 2.14. The molecule has 84 valence electrons. The second kappa shape index (κ2) is 7.26. The van der Waals surface area contributed by atoms with Crippen molar-refractivity contribution in [3.63, 3.8) is 0 Å². The number of benzene rings is 1. The van der Waals surface area contributed by atoms with Gasteiger partial charge >= 0.3 is 5.97 Å². The van der Waals surface area contributed by atoms with Crippen molar-refractivity contribution in [3.05, 3.63) is 35.9 Å². The lowest BCUT2D eigenvalue weighted by atomic mass is 10.1. The highest BCUT2D eigenvalue weighted by molar-refractivity contribution is 5.70. The number of carbonyl (C=O) groups excluding carboxylic acids is 1. The van der Waals surface area contributed by atoms with Gasteiger partial charge in [-0.1, -0.05) is 30.3 Å². The number of quaternary nitrogens is 1. The molecule has 0 aliphatic carbocycles. The highest BCUT2D eigenvalue weighted by Crippen LogP contribution is 2.11. The molecule has 4 heteroatoms. The smallest absolute Gasteiger partial charge is 0.312 e. The van der Waals surface area contributed by atoms with Crippen LogP contribution in [0.25, 0.3) is 0 Å².